The minimum atomic E-state index is -0.777. The largest absolute Gasteiger partial charge is 0.356 e. The molecule has 86 valence electrons. The van der Waals surface area contributed by atoms with Crippen molar-refractivity contribution in [2.45, 2.75) is 38.3 Å². The Balaban J connectivity index is 1.58. The van der Waals surface area contributed by atoms with Gasteiger partial charge in [-0.05, 0) is 25.7 Å². The molecular weight excluding hydrogens is 192 g/mol. The van der Waals surface area contributed by atoms with Gasteiger partial charge in [0.25, 0.3) is 0 Å². The molecule has 0 radical (unpaired) electrons. The van der Waals surface area contributed by atoms with Gasteiger partial charge in [-0.2, -0.15) is 0 Å². The van der Waals surface area contributed by atoms with E-state index in [0.29, 0.717) is 12.0 Å². The van der Waals surface area contributed by atoms with E-state index in [2.05, 4.69) is 24.1 Å². The first-order valence-electron chi connectivity index (χ1n) is 5.61. The fourth-order valence-electron chi connectivity index (χ4n) is 2.12. The molecule has 0 amide bonds. The highest BCUT2D eigenvalue weighted by Crippen LogP contribution is 2.32. The van der Waals surface area contributed by atoms with Crippen LogP contribution in [0.3, 0.4) is 0 Å². The van der Waals surface area contributed by atoms with Crippen LogP contribution < -0.4 is 10.6 Å². The number of allylic oxidation sites excluding steroid dienone is 1. The summed E-state index contributed by atoms with van der Waals surface area (Å²) in [5.74, 6) is 0.704. The molecule has 2 aliphatic rings. The maximum Gasteiger partial charge on any atom is 0.213 e. The first-order valence-corrected chi connectivity index (χ1v) is 5.61. The van der Waals surface area contributed by atoms with E-state index in [9.17, 15) is 0 Å². The quantitative estimate of drug-likeness (QED) is 0.583. The van der Waals surface area contributed by atoms with Gasteiger partial charge in [-0.25, -0.2) is 0 Å². The first-order chi connectivity index (χ1) is 7.15. The zero-order valence-electron chi connectivity index (χ0n) is 9.20. The maximum atomic E-state index is 9.08. The van der Waals surface area contributed by atoms with Crippen molar-refractivity contribution in [2.24, 2.45) is 5.92 Å². The first kappa shape index (κ1) is 11.1. The topological polar surface area (TPSA) is 53.5 Å². The summed E-state index contributed by atoms with van der Waals surface area (Å²) in [7, 11) is 0. The third kappa shape index (κ3) is 2.78. The van der Waals surface area contributed by atoms with E-state index in [0.717, 1.165) is 13.1 Å². The highest BCUT2D eigenvalue weighted by atomic mass is 16.6. The molecule has 1 aliphatic heterocycles. The van der Waals surface area contributed by atoms with Crippen LogP contribution in [0, 0.1) is 5.92 Å². The summed E-state index contributed by atoms with van der Waals surface area (Å²) >= 11 is 0. The molecule has 4 nitrogen and oxygen atoms in total. The second-order valence-electron chi connectivity index (χ2n) is 4.64. The van der Waals surface area contributed by atoms with E-state index in [1.165, 1.54) is 18.4 Å². The highest BCUT2D eigenvalue weighted by molar-refractivity contribution is 5.05. The average molecular weight is 212 g/mol. The smallest absolute Gasteiger partial charge is 0.213 e. The lowest BCUT2D eigenvalue weighted by atomic mass is 9.76. The molecule has 15 heavy (non-hydrogen) atoms. The van der Waals surface area contributed by atoms with Crippen molar-refractivity contribution in [1.29, 1.82) is 0 Å². The Hall–Kier alpha value is -0.420. The second kappa shape index (κ2) is 4.61. The van der Waals surface area contributed by atoms with Gasteiger partial charge in [-0.15, -0.1) is 0 Å². The van der Waals surface area contributed by atoms with Gasteiger partial charge in [0.2, 0.25) is 6.41 Å². The maximum absolute atomic E-state index is 9.08. The summed E-state index contributed by atoms with van der Waals surface area (Å²) in [6.07, 6.45) is 1.71. The molecule has 0 spiro atoms. The van der Waals surface area contributed by atoms with Crippen molar-refractivity contribution in [2.75, 3.05) is 13.1 Å². The molecule has 0 aromatic carbocycles. The van der Waals surface area contributed by atoms with Crippen molar-refractivity contribution in [3.05, 3.63) is 12.2 Å². The van der Waals surface area contributed by atoms with Crippen LogP contribution in [-0.4, -0.2) is 36.8 Å². The number of hydrogen-bond donors (Lipinski definition) is 3. The summed E-state index contributed by atoms with van der Waals surface area (Å²) in [6.45, 7) is 7.61. The Morgan fingerprint density at radius 2 is 2.33 bits per heavy atom. The van der Waals surface area contributed by atoms with Crippen LogP contribution in [0.15, 0.2) is 12.2 Å². The Morgan fingerprint density at radius 1 is 1.60 bits per heavy atom. The average Bonchev–Trinajstić information content (AvgIpc) is 2.48. The number of hydrogen-bond acceptors (Lipinski definition) is 4. The van der Waals surface area contributed by atoms with E-state index in [1.54, 1.807) is 0 Å². The van der Waals surface area contributed by atoms with Crippen LogP contribution in [-0.2, 0) is 4.74 Å². The number of rotatable bonds is 4. The number of ether oxygens (including phenoxy) is 1. The lowest BCUT2D eigenvalue weighted by molar-refractivity contribution is -0.0996. The highest BCUT2D eigenvalue weighted by Gasteiger charge is 2.30. The van der Waals surface area contributed by atoms with Gasteiger partial charge in [0.1, 0.15) is 0 Å². The number of nitrogens with one attached hydrogen (secondary N) is 2. The predicted molar refractivity (Wildman–Crippen MR) is 58.2 cm³/mol. The lowest BCUT2D eigenvalue weighted by Crippen LogP contribution is -2.45. The molecule has 3 N–H and O–H groups in total. The van der Waals surface area contributed by atoms with Gasteiger partial charge < -0.3 is 15.2 Å². The van der Waals surface area contributed by atoms with Crippen LogP contribution in [0.5, 0.6) is 0 Å². The summed E-state index contributed by atoms with van der Waals surface area (Å²) in [4.78, 5) is 0. The number of aliphatic hydroxyl groups excluding tert-OH is 1. The van der Waals surface area contributed by atoms with Crippen molar-refractivity contribution in [3.63, 3.8) is 0 Å². The molecule has 2 fully saturated rings. The van der Waals surface area contributed by atoms with E-state index in [1.807, 2.05) is 0 Å². The normalized spacial score (nSPS) is 40.1. The van der Waals surface area contributed by atoms with Gasteiger partial charge >= 0.3 is 0 Å². The van der Waals surface area contributed by atoms with Crippen LogP contribution in [0.1, 0.15) is 19.8 Å². The monoisotopic (exact) mass is 212 g/mol. The third-order valence-electron chi connectivity index (χ3n) is 3.31. The van der Waals surface area contributed by atoms with Gasteiger partial charge in [-0.3, -0.25) is 5.32 Å². The molecule has 1 aliphatic carbocycles. The molecule has 1 unspecified atom stereocenters. The fourth-order valence-corrected chi connectivity index (χ4v) is 2.12. The standard InChI is InChI=1S/C11H20N2O2/c1-7(2)8-3-9(4-8)12-5-10-6-13-11(14)15-10/h8-14H,1,3-6H2,2H3/t8?,9?,10-,11?/m1/s1. The summed E-state index contributed by atoms with van der Waals surface area (Å²) in [5.41, 5.74) is 1.29. The minimum absolute atomic E-state index is 0.101. The van der Waals surface area contributed by atoms with Crippen LogP contribution in [0.25, 0.3) is 0 Å². The predicted octanol–water partition coefficient (Wildman–Crippen LogP) is 0.195. The molecule has 2 atom stereocenters. The molecule has 0 aromatic heterocycles. The molecule has 4 heteroatoms. The molecular formula is C11H20N2O2. The van der Waals surface area contributed by atoms with Crippen LogP contribution in [0.4, 0.5) is 0 Å². The van der Waals surface area contributed by atoms with Crippen LogP contribution >= 0.6 is 0 Å². The molecule has 0 bridgehead atoms. The van der Waals surface area contributed by atoms with Gasteiger partial charge in [0, 0.05) is 19.1 Å². The molecule has 1 saturated carbocycles. The zero-order valence-corrected chi connectivity index (χ0v) is 9.20. The SMILES string of the molecule is C=C(C)C1CC(NC[C@@H]2CNC(O)O2)C1. The molecule has 2 rings (SSSR count). The Kier molecular flexibility index (Phi) is 3.41. The van der Waals surface area contributed by atoms with Crippen molar-refractivity contribution < 1.29 is 9.84 Å². The summed E-state index contributed by atoms with van der Waals surface area (Å²) in [6, 6.07) is 0.605. The van der Waals surface area contributed by atoms with E-state index < -0.39 is 6.41 Å². The lowest BCUT2D eigenvalue weighted by Gasteiger charge is -2.37. The van der Waals surface area contributed by atoms with E-state index in [-0.39, 0.29) is 6.10 Å². The van der Waals surface area contributed by atoms with E-state index >= 15 is 0 Å². The Labute approximate surface area is 90.7 Å². The van der Waals surface area contributed by atoms with Crippen LogP contribution in [0.2, 0.25) is 0 Å². The van der Waals surface area contributed by atoms with E-state index in [4.69, 9.17) is 9.84 Å². The molecule has 0 aromatic rings. The zero-order chi connectivity index (χ0) is 10.8. The molecule has 1 heterocycles. The van der Waals surface area contributed by atoms with Crippen molar-refractivity contribution >= 4 is 0 Å². The Bertz CT molecular complexity index is 239. The summed E-state index contributed by atoms with van der Waals surface area (Å²) in [5, 5.41) is 15.4. The summed E-state index contributed by atoms with van der Waals surface area (Å²) < 4.78 is 5.22. The molecule has 1 saturated heterocycles. The minimum Gasteiger partial charge on any atom is -0.356 e. The van der Waals surface area contributed by atoms with Crippen molar-refractivity contribution in [3.8, 4) is 0 Å². The fraction of sp³-hybridized carbons (Fsp3) is 0.818. The number of aliphatic hydroxyl groups is 1. The third-order valence-corrected chi connectivity index (χ3v) is 3.31. The second-order valence-corrected chi connectivity index (χ2v) is 4.64. The van der Waals surface area contributed by atoms with Gasteiger partial charge in [0.15, 0.2) is 0 Å². The van der Waals surface area contributed by atoms with Gasteiger partial charge in [0.05, 0.1) is 6.10 Å². The Morgan fingerprint density at radius 3 is 2.87 bits per heavy atom. The van der Waals surface area contributed by atoms with Crippen molar-refractivity contribution in [1.82, 2.24) is 10.6 Å². The van der Waals surface area contributed by atoms with Gasteiger partial charge in [-0.1, -0.05) is 12.2 Å².